The van der Waals surface area contributed by atoms with E-state index in [0.29, 0.717) is 0 Å². The first-order valence-electron chi connectivity index (χ1n) is 7.40. The van der Waals surface area contributed by atoms with Crippen molar-refractivity contribution in [1.82, 2.24) is 4.90 Å². The Kier molecular flexibility index (Phi) is 3.82. The van der Waals surface area contributed by atoms with E-state index < -0.39 is 0 Å². The summed E-state index contributed by atoms with van der Waals surface area (Å²) in [4.78, 5) is 2.50. The zero-order chi connectivity index (χ0) is 11.5. The van der Waals surface area contributed by atoms with Gasteiger partial charge in [-0.3, -0.25) is 4.90 Å². The summed E-state index contributed by atoms with van der Waals surface area (Å²) in [7, 11) is 0. The molecule has 0 aromatic rings. The molecule has 96 valence electrons. The normalized spacial score (nSPS) is 37.5. The van der Waals surface area contributed by atoms with Gasteiger partial charge in [-0.25, -0.2) is 0 Å². The fourth-order valence-electron chi connectivity index (χ4n) is 3.68. The van der Waals surface area contributed by atoms with Crippen LogP contribution >= 0.6 is 0 Å². The third kappa shape index (κ3) is 2.92. The fourth-order valence-corrected chi connectivity index (χ4v) is 3.68. The Balaban J connectivity index is 1.36. The van der Waals surface area contributed by atoms with Crippen molar-refractivity contribution in [3.8, 4) is 0 Å². The second-order valence-electron chi connectivity index (χ2n) is 6.07. The van der Waals surface area contributed by atoms with Crippen LogP contribution in [0, 0.1) is 17.8 Å². The standard InChI is InChI=1S/C15H25NO/c1-2-4-8-16(7-3-1)12-17-11-15-10-13-5-6-14(15)9-13/h5-6,13-15H,1-4,7-12H2/t13-,14+,15+/m1/s1. The van der Waals surface area contributed by atoms with Gasteiger partial charge in [0.1, 0.15) is 0 Å². The van der Waals surface area contributed by atoms with E-state index in [1.165, 1.54) is 51.6 Å². The van der Waals surface area contributed by atoms with Crippen LogP contribution in [-0.2, 0) is 4.74 Å². The molecule has 1 heterocycles. The molecule has 3 aliphatic rings. The molecule has 0 spiro atoms. The highest BCUT2D eigenvalue weighted by Gasteiger charge is 2.35. The predicted octanol–water partition coefficient (Wildman–Crippen LogP) is 3.05. The first-order chi connectivity index (χ1) is 8.42. The van der Waals surface area contributed by atoms with Crippen LogP contribution in [0.25, 0.3) is 0 Å². The quantitative estimate of drug-likeness (QED) is 0.694. The molecule has 1 saturated heterocycles. The Morgan fingerprint density at radius 1 is 1.00 bits per heavy atom. The molecular formula is C15H25NO. The molecule has 0 radical (unpaired) electrons. The van der Waals surface area contributed by atoms with Crippen molar-refractivity contribution in [2.24, 2.45) is 17.8 Å². The smallest absolute Gasteiger partial charge is 0.0990 e. The van der Waals surface area contributed by atoms with E-state index in [2.05, 4.69) is 17.1 Å². The minimum Gasteiger partial charge on any atom is -0.366 e. The second kappa shape index (κ2) is 5.53. The lowest BCUT2D eigenvalue weighted by atomic mass is 9.95. The molecule has 3 atom stereocenters. The second-order valence-corrected chi connectivity index (χ2v) is 6.07. The van der Waals surface area contributed by atoms with Crippen LogP contribution in [0.15, 0.2) is 12.2 Å². The third-order valence-electron chi connectivity index (χ3n) is 4.72. The number of hydrogen-bond donors (Lipinski definition) is 0. The number of likely N-dealkylation sites (tertiary alicyclic amines) is 1. The van der Waals surface area contributed by atoms with Gasteiger partial charge in [0, 0.05) is 13.1 Å². The van der Waals surface area contributed by atoms with E-state index in [-0.39, 0.29) is 0 Å². The Labute approximate surface area is 105 Å². The van der Waals surface area contributed by atoms with E-state index in [9.17, 15) is 0 Å². The van der Waals surface area contributed by atoms with Crippen molar-refractivity contribution in [2.75, 3.05) is 26.4 Å². The minimum absolute atomic E-state index is 0.817. The zero-order valence-electron chi connectivity index (χ0n) is 10.8. The summed E-state index contributed by atoms with van der Waals surface area (Å²) < 4.78 is 5.96. The lowest BCUT2D eigenvalue weighted by Gasteiger charge is -2.23. The molecule has 17 heavy (non-hydrogen) atoms. The maximum Gasteiger partial charge on any atom is 0.0990 e. The number of fused-ring (bicyclic) bond motifs is 2. The molecule has 0 unspecified atom stereocenters. The monoisotopic (exact) mass is 235 g/mol. The summed E-state index contributed by atoms with van der Waals surface area (Å²) >= 11 is 0. The van der Waals surface area contributed by atoms with Gasteiger partial charge in [0.25, 0.3) is 0 Å². The number of ether oxygens (including phenoxy) is 1. The summed E-state index contributed by atoms with van der Waals surface area (Å²) in [5, 5.41) is 0. The van der Waals surface area contributed by atoms with Crippen LogP contribution in [0.4, 0.5) is 0 Å². The van der Waals surface area contributed by atoms with Crippen LogP contribution in [0.3, 0.4) is 0 Å². The van der Waals surface area contributed by atoms with Gasteiger partial charge < -0.3 is 4.74 Å². The van der Waals surface area contributed by atoms with E-state index in [1.54, 1.807) is 0 Å². The first-order valence-corrected chi connectivity index (χ1v) is 7.40. The highest BCUT2D eigenvalue weighted by molar-refractivity contribution is 5.09. The molecular weight excluding hydrogens is 210 g/mol. The maximum absolute atomic E-state index is 5.96. The topological polar surface area (TPSA) is 12.5 Å². The summed E-state index contributed by atoms with van der Waals surface area (Å²) in [6, 6.07) is 0. The van der Waals surface area contributed by atoms with E-state index in [1.807, 2.05) is 0 Å². The molecule has 0 amide bonds. The van der Waals surface area contributed by atoms with E-state index in [0.717, 1.165) is 31.1 Å². The van der Waals surface area contributed by atoms with Crippen LogP contribution < -0.4 is 0 Å². The van der Waals surface area contributed by atoms with Gasteiger partial charge in [-0.1, -0.05) is 25.0 Å². The Hall–Kier alpha value is -0.340. The van der Waals surface area contributed by atoms with Gasteiger partial charge in [0.05, 0.1) is 13.3 Å². The van der Waals surface area contributed by atoms with Crippen molar-refractivity contribution in [1.29, 1.82) is 0 Å². The molecule has 2 heteroatoms. The van der Waals surface area contributed by atoms with Gasteiger partial charge in [-0.2, -0.15) is 0 Å². The summed E-state index contributed by atoms with van der Waals surface area (Å²) in [5.41, 5.74) is 0. The molecule has 0 aromatic heterocycles. The fraction of sp³-hybridized carbons (Fsp3) is 0.867. The first kappa shape index (κ1) is 11.7. The van der Waals surface area contributed by atoms with Crippen molar-refractivity contribution < 1.29 is 4.74 Å². The Morgan fingerprint density at radius 3 is 2.47 bits per heavy atom. The van der Waals surface area contributed by atoms with Gasteiger partial charge >= 0.3 is 0 Å². The van der Waals surface area contributed by atoms with Crippen molar-refractivity contribution in [3.63, 3.8) is 0 Å². The van der Waals surface area contributed by atoms with Gasteiger partial charge in [-0.05, 0) is 43.4 Å². The molecule has 2 nitrogen and oxygen atoms in total. The highest BCUT2D eigenvalue weighted by Crippen LogP contribution is 2.43. The third-order valence-corrected chi connectivity index (χ3v) is 4.72. The average molecular weight is 235 g/mol. The Bertz CT molecular complexity index is 268. The van der Waals surface area contributed by atoms with Crippen molar-refractivity contribution >= 4 is 0 Å². The number of allylic oxidation sites excluding steroid dienone is 2. The SMILES string of the molecule is C1=C[C@H]2C[C@@H]1C[C@H]2COCN1CCCCCC1. The molecule has 2 bridgehead atoms. The Morgan fingerprint density at radius 2 is 1.82 bits per heavy atom. The molecule has 3 rings (SSSR count). The number of nitrogens with zero attached hydrogens (tertiary/aromatic N) is 1. The van der Waals surface area contributed by atoms with Crippen LogP contribution in [0.2, 0.25) is 0 Å². The van der Waals surface area contributed by atoms with Gasteiger partial charge in [0.2, 0.25) is 0 Å². The van der Waals surface area contributed by atoms with Crippen LogP contribution in [0.1, 0.15) is 38.5 Å². The molecule has 0 N–H and O–H groups in total. The average Bonchev–Trinajstić information content (AvgIpc) is 2.85. The summed E-state index contributed by atoms with van der Waals surface area (Å²) in [6.45, 7) is 4.35. The largest absolute Gasteiger partial charge is 0.366 e. The summed E-state index contributed by atoms with van der Waals surface area (Å²) in [6.07, 6.45) is 13.2. The lowest BCUT2D eigenvalue weighted by Crippen LogP contribution is -2.29. The molecule has 0 aromatic carbocycles. The van der Waals surface area contributed by atoms with E-state index >= 15 is 0 Å². The minimum atomic E-state index is 0.817. The summed E-state index contributed by atoms with van der Waals surface area (Å²) in [5.74, 6) is 2.54. The zero-order valence-corrected chi connectivity index (χ0v) is 10.8. The molecule has 2 fully saturated rings. The van der Waals surface area contributed by atoms with Crippen LogP contribution in [0.5, 0.6) is 0 Å². The number of rotatable bonds is 4. The van der Waals surface area contributed by atoms with Gasteiger partial charge in [-0.15, -0.1) is 0 Å². The molecule has 1 aliphatic heterocycles. The lowest BCUT2D eigenvalue weighted by molar-refractivity contribution is 0.00821. The predicted molar refractivity (Wildman–Crippen MR) is 69.7 cm³/mol. The van der Waals surface area contributed by atoms with Crippen molar-refractivity contribution in [2.45, 2.75) is 38.5 Å². The van der Waals surface area contributed by atoms with E-state index in [4.69, 9.17) is 4.74 Å². The highest BCUT2D eigenvalue weighted by atomic mass is 16.5. The number of hydrogen-bond acceptors (Lipinski definition) is 2. The molecule has 2 aliphatic carbocycles. The van der Waals surface area contributed by atoms with Gasteiger partial charge in [0.15, 0.2) is 0 Å². The maximum atomic E-state index is 5.96. The van der Waals surface area contributed by atoms with Crippen LogP contribution in [-0.4, -0.2) is 31.3 Å². The molecule has 1 saturated carbocycles. The van der Waals surface area contributed by atoms with Crippen molar-refractivity contribution in [3.05, 3.63) is 12.2 Å².